The Bertz CT molecular complexity index is 660. The van der Waals surface area contributed by atoms with Crippen LogP contribution in [0.25, 0.3) is 0 Å². The largest absolute Gasteiger partial charge is 0.493 e. The summed E-state index contributed by atoms with van der Waals surface area (Å²) in [6.45, 7) is 8.35. The van der Waals surface area contributed by atoms with Crippen molar-refractivity contribution in [3.05, 3.63) is 23.8 Å². The van der Waals surface area contributed by atoms with Crippen molar-refractivity contribution in [2.24, 2.45) is 0 Å². The van der Waals surface area contributed by atoms with Crippen LogP contribution in [-0.4, -0.2) is 42.5 Å². The summed E-state index contributed by atoms with van der Waals surface area (Å²) < 4.78 is 11.2. The second-order valence-electron chi connectivity index (χ2n) is 7.26. The molecule has 0 saturated carbocycles. The molecule has 1 aliphatic heterocycles. The number of methoxy groups -OCH3 is 1. The molecule has 6 nitrogen and oxygen atoms in total. The predicted octanol–water partition coefficient (Wildman–Crippen LogP) is 3.45. The van der Waals surface area contributed by atoms with E-state index in [4.69, 9.17) is 9.47 Å². The number of rotatable bonds is 7. The fraction of sp³-hybridized carbons (Fsp3) is 0.619. The summed E-state index contributed by atoms with van der Waals surface area (Å²) >= 11 is 0. The molecule has 1 heterocycles. The molecule has 2 rings (SSSR count). The number of nitrogens with zero attached hydrogens (tertiary/aromatic N) is 1. The second kappa shape index (κ2) is 9.62. The SMILES string of the molecule is CCC(=O)N1CCCC[C@@H]1C(=O)N[C@@H](C)c1ccc(OC(C)C)c(OC)c1. The Morgan fingerprint density at radius 1 is 1.22 bits per heavy atom. The van der Waals surface area contributed by atoms with Crippen LogP contribution in [0.5, 0.6) is 11.5 Å². The lowest BCUT2D eigenvalue weighted by Crippen LogP contribution is -2.52. The maximum absolute atomic E-state index is 12.8. The Labute approximate surface area is 162 Å². The topological polar surface area (TPSA) is 67.9 Å². The summed E-state index contributed by atoms with van der Waals surface area (Å²) in [7, 11) is 1.60. The van der Waals surface area contributed by atoms with Gasteiger partial charge < -0.3 is 19.7 Å². The van der Waals surface area contributed by atoms with Crippen LogP contribution in [0, 0.1) is 0 Å². The van der Waals surface area contributed by atoms with Gasteiger partial charge in [0, 0.05) is 13.0 Å². The lowest BCUT2D eigenvalue weighted by molar-refractivity contribution is -0.142. The summed E-state index contributed by atoms with van der Waals surface area (Å²) in [5.41, 5.74) is 0.931. The molecule has 1 N–H and O–H groups in total. The number of likely N-dealkylation sites (tertiary alicyclic amines) is 1. The van der Waals surface area contributed by atoms with E-state index in [0.29, 0.717) is 24.5 Å². The molecule has 1 aromatic carbocycles. The van der Waals surface area contributed by atoms with Crippen LogP contribution in [0.3, 0.4) is 0 Å². The molecule has 150 valence electrons. The number of benzene rings is 1. The van der Waals surface area contributed by atoms with Gasteiger partial charge in [-0.1, -0.05) is 13.0 Å². The molecule has 0 aromatic heterocycles. The van der Waals surface area contributed by atoms with Crippen molar-refractivity contribution in [1.29, 1.82) is 0 Å². The van der Waals surface area contributed by atoms with E-state index in [9.17, 15) is 9.59 Å². The number of carbonyl (C=O) groups excluding carboxylic acids is 2. The molecule has 0 unspecified atom stereocenters. The van der Waals surface area contributed by atoms with Gasteiger partial charge in [0.25, 0.3) is 0 Å². The lowest BCUT2D eigenvalue weighted by Gasteiger charge is -2.35. The monoisotopic (exact) mass is 376 g/mol. The van der Waals surface area contributed by atoms with Crippen molar-refractivity contribution < 1.29 is 19.1 Å². The zero-order valence-corrected chi connectivity index (χ0v) is 17.1. The summed E-state index contributed by atoms with van der Waals surface area (Å²) in [6, 6.07) is 5.11. The van der Waals surface area contributed by atoms with Gasteiger partial charge in [0.05, 0.1) is 19.3 Å². The van der Waals surface area contributed by atoms with Crippen molar-refractivity contribution in [3.63, 3.8) is 0 Å². The van der Waals surface area contributed by atoms with Gasteiger partial charge in [0.1, 0.15) is 6.04 Å². The highest BCUT2D eigenvalue weighted by atomic mass is 16.5. The molecule has 1 fully saturated rings. The smallest absolute Gasteiger partial charge is 0.243 e. The van der Waals surface area contributed by atoms with Crippen LogP contribution >= 0.6 is 0 Å². The predicted molar refractivity (Wildman–Crippen MR) is 105 cm³/mol. The first-order valence-corrected chi connectivity index (χ1v) is 9.81. The number of nitrogens with one attached hydrogen (secondary N) is 1. The number of carbonyl (C=O) groups is 2. The molecule has 0 bridgehead atoms. The average molecular weight is 376 g/mol. The Hall–Kier alpha value is -2.24. The van der Waals surface area contributed by atoms with E-state index in [1.807, 2.05) is 45.9 Å². The third-order valence-electron chi connectivity index (χ3n) is 4.84. The molecular weight excluding hydrogens is 344 g/mol. The highest BCUT2D eigenvalue weighted by Crippen LogP contribution is 2.31. The van der Waals surface area contributed by atoms with Gasteiger partial charge >= 0.3 is 0 Å². The third kappa shape index (κ3) is 5.37. The van der Waals surface area contributed by atoms with Crippen molar-refractivity contribution in [2.75, 3.05) is 13.7 Å². The van der Waals surface area contributed by atoms with Gasteiger partial charge in [-0.15, -0.1) is 0 Å². The maximum Gasteiger partial charge on any atom is 0.243 e. The number of hydrogen-bond donors (Lipinski definition) is 1. The molecule has 1 aromatic rings. The van der Waals surface area contributed by atoms with E-state index >= 15 is 0 Å². The van der Waals surface area contributed by atoms with Crippen molar-refractivity contribution >= 4 is 11.8 Å². The van der Waals surface area contributed by atoms with Gasteiger partial charge in [-0.05, 0) is 57.7 Å². The Kier molecular flexibility index (Phi) is 7.51. The molecule has 6 heteroatoms. The Morgan fingerprint density at radius 3 is 2.59 bits per heavy atom. The summed E-state index contributed by atoms with van der Waals surface area (Å²) in [6.07, 6.45) is 3.12. The summed E-state index contributed by atoms with van der Waals surface area (Å²) in [5.74, 6) is 1.27. The van der Waals surface area contributed by atoms with Crippen molar-refractivity contribution in [3.8, 4) is 11.5 Å². The number of amides is 2. The minimum Gasteiger partial charge on any atom is -0.493 e. The van der Waals surface area contributed by atoms with Gasteiger partial charge in [0.2, 0.25) is 11.8 Å². The van der Waals surface area contributed by atoms with E-state index in [1.54, 1.807) is 12.0 Å². The van der Waals surface area contributed by atoms with E-state index < -0.39 is 0 Å². The van der Waals surface area contributed by atoms with Gasteiger partial charge in [0.15, 0.2) is 11.5 Å². The van der Waals surface area contributed by atoms with Crippen molar-refractivity contribution in [2.45, 2.75) is 71.6 Å². The number of piperidine rings is 1. The molecule has 27 heavy (non-hydrogen) atoms. The van der Waals surface area contributed by atoms with E-state index in [1.165, 1.54) is 0 Å². The molecule has 0 aliphatic carbocycles. The maximum atomic E-state index is 12.8. The fourth-order valence-corrected chi connectivity index (χ4v) is 3.40. The summed E-state index contributed by atoms with van der Waals surface area (Å²) in [5, 5.41) is 3.06. The number of hydrogen-bond acceptors (Lipinski definition) is 4. The van der Waals surface area contributed by atoms with E-state index in [0.717, 1.165) is 24.8 Å². The first kappa shape index (κ1) is 21.1. The van der Waals surface area contributed by atoms with Crippen LogP contribution in [0.15, 0.2) is 18.2 Å². The molecule has 0 spiro atoms. The van der Waals surface area contributed by atoms with Crippen LogP contribution in [0.2, 0.25) is 0 Å². The van der Waals surface area contributed by atoms with E-state index in [-0.39, 0.29) is 30.0 Å². The standard InChI is InChI=1S/C21H32N2O4/c1-6-20(24)23-12-8-7-9-17(23)21(25)22-15(4)16-10-11-18(27-14(2)3)19(13-16)26-5/h10-11,13-15,17H,6-9,12H2,1-5H3,(H,22,25)/t15-,17+/m0/s1. The first-order valence-electron chi connectivity index (χ1n) is 9.81. The van der Waals surface area contributed by atoms with Crippen LogP contribution < -0.4 is 14.8 Å². The van der Waals surface area contributed by atoms with E-state index in [2.05, 4.69) is 5.32 Å². The third-order valence-corrected chi connectivity index (χ3v) is 4.84. The zero-order valence-electron chi connectivity index (χ0n) is 17.1. The molecule has 0 radical (unpaired) electrons. The molecule has 2 amide bonds. The fourth-order valence-electron chi connectivity index (χ4n) is 3.40. The van der Waals surface area contributed by atoms with Crippen molar-refractivity contribution in [1.82, 2.24) is 10.2 Å². The Balaban J connectivity index is 2.10. The quantitative estimate of drug-likeness (QED) is 0.791. The highest BCUT2D eigenvalue weighted by Gasteiger charge is 2.32. The van der Waals surface area contributed by atoms with Crippen LogP contribution in [0.4, 0.5) is 0 Å². The minimum atomic E-state index is -0.376. The first-order chi connectivity index (χ1) is 12.9. The average Bonchev–Trinajstić information content (AvgIpc) is 2.67. The minimum absolute atomic E-state index is 0.0411. The van der Waals surface area contributed by atoms with Gasteiger partial charge in [-0.3, -0.25) is 9.59 Å². The summed E-state index contributed by atoms with van der Waals surface area (Å²) in [4.78, 5) is 26.7. The van der Waals surface area contributed by atoms with Crippen LogP contribution in [-0.2, 0) is 9.59 Å². The van der Waals surface area contributed by atoms with Gasteiger partial charge in [-0.2, -0.15) is 0 Å². The molecule has 1 aliphatic rings. The van der Waals surface area contributed by atoms with Crippen LogP contribution in [0.1, 0.15) is 65.0 Å². The normalized spacial score (nSPS) is 18.1. The second-order valence-corrected chi connectivity index (χ2v) is 7.26. The zero-order chi connectivity index (χ0) is 20.0. The number of ether oxygens (including phenoxy) is 2. The molecule has 1 saturated heterocycles. The molecular formula is C21H32N2O4. The molecule has 2 atom stereocenters. The lowest BCUT2D eigenvalue weighted by atomic mass is 10.00. The highest BCUT2D eigenvalue weighted by molar-refractivity contribution is 5.88. The van der Waals surface area contributed by atoms with Gasteiger partial charge in [-0.25, -0.2) is 0 Å². The Morgan fingerprint density at radius 2 is 1.96 bits per heavy atom.